The molecule has 0 aliphatic carbocycles. The molecule has 0 heterocycles. The lowest BCUT2D eigenvalue weighted by Gasteiger charge is -2.37. The molecular formula is C39H86O17P6. The standard InChI is InChI=1S/C39H86O17P6/c1-15-46-57(14,40)36(28-26-30-37(60(43,51-20-6)52-21-7)35(13)59(42,49-18-4)50-19-5)29-27-31-38(61(44,53-22-8)54-23-9)39(62(45,55-24-10)56-25-11)33-32-34(12)58(41,47-16-2)48-17-3/h34-39H,15-33H2,1-14H3. The van der Waals surface area contributed by atoms with Gasteiger partial charge in [-0.1, -0.05) is 26.7 Å². The van der Waals surface area contributed by atoms with Crippen molar-refractivity contribution in [2.75, 3.05) is 79.3 Å². The van der Waals surface area contributed by atoms with Gasteiger partial charge in [0.2, 0.25) is 7.37 Å². The van der Waals surface area contributed by atoms with Gasteiger partial charge in [-0.15, -0.1) is 0 Å². The Morgan fingerprint density at radius 3 is 0.935 bits per heavy atom. The van der Waals surface area contributed by atoms with Gasteiger partial charge < -0.3 is 49.8 Å². The fourth-order valence-electron chi connectivity index (χ4n) is 7.72. The molecule has 0 N–H and O–H groups in total. The zero-order chi connectivity index (χ0) is 47.7. The van der Waals surface area contributed by atoms with Gasteiger partial charge in [0.1, 0.15) is 0 Å². The topological polar surface area (TPSA) is 204 Å². The molecule has 0 bridgehead atoms. The summed E-state index contributed by atoms with van der Waals surface area (Å²) >= 11 is 0. The quantitative estimate of drug-likeness (QED) is 0.0522. The summed E-state index contributed by atoms with van der Waals surface area (Å²) in [5.41, 5.74) is -4.91. The van der Waals surface area contributed by atoms with E-state index in [2.05, 4.69) is 0 Å². The molecule has 0 aliphatic rings. The van der Waals surface area contributed by atoms with Crippen LogP contribution >= 0.6 is 45.3 Å². The Morgan fingerprint density at radius 1 is 0.323 bits per heavy atom. The van der Waals surface area contributed by atoms with Crippen LogP contribution in [0.25, 0.3) is 0 Å². The highest BCUT2D eigenvalue weighted by Crippen LogP contribution is 2.68. The van der Waals surface area contributed by atoms with Crippen LogP contribution in [0.5, 0.6) is 0 Å². The number of rotatable bonds is 41. The lowest BCUT2D eigenvalue weighted by molar-refractivity contribution is 0.189. The predicted octanol–water partition coefficient (Wildman–Crippen LogP) is 13.6. The average Bonchev–Trinajstić information content (AvgIpc) is 3.18. The molecule has 0 saturated heterocycles. The SMILES string of the molecule is CCOP(C)(=O)C(CCCC(C(C)P(=O)(OCC)OCC)P(=O)(OCC)OCC)CCCC(C(CCC(C)P(=O)(OCC)OCC)P(=O)(OCC)OCC)P(=O)(OCC)OCC. The Hall–Kier alpha value is 0.940. The minimum absolute atomic E-state index is 0.0396. The van der Waals surface area contributed by atoms with Gasteiger partial charge in [0.05, 0.1) is 101 Å². The van der Waals surface area contributed by atoms with Crippen molar-refractivity contribution in [3.8, 4) is 0 Å². The average molecular weight is 1010 g/mol. The van der Waals surface area contributed by atoms with E-state index in [1.165, 1.54) is 0 Å². The normalized spacial score (nSPS) is 17.3. The fraction of sp³-hybridized carbons (Fsp3) is 1.00. The Bertz CT molecular complexity index is 1450. The van der Waals surface area contributed by atoms with Gasteiger partial charge in [-0.2, -0.15) is 0 Å². The highest BCUT2D eigenvalue weighted by Gasteiger charge is 2.52. The van der Waals surface area contributed by atoms with E-state index < -0.39 is 79.3 Å². The molecule has 0 rings (SSSR count). The lowest BCUT2D eigenvalue weighted by Crippen LogP contribution is -2.31. The Labute approximate surface area is 376 Å². The third kappa shape index (κ3) is 19.5. The Kier molecular flexibility index (Phi) is 32.4. The van der Waals surface area contributed by atoms with E-state index in [9.17, 15) is 27.4 Å². The Morgan fingerprint density at radius 2 is 0.597 bits per heavy atom. The van der Waals surface area contributed by atoms with E-state index in [0.717, 1.165) is 0 Å². The minimum Gasteiger partial charge on any atom is -0.329 e. The molecule has 0 aromatic heterocycles. The second-order valence-corrected chi connectivity index (χ2v) is 29.1. The molecule has 62 heavy (non-hydrogen) atoms. The minimum atomic E-state index is -4.05. The van der Waals surface area contributed by atoms with Crippen LogP contribution in [0.15, 0.2) is 0 Å². The van der Waals surface area contributed by atoms with Crippen LogP contribution in [0.1, 0.15) is 141 Å². The van der Waals surface area contributed by atoms with Crippen molar-refractivity contribution in [1.82, 2.24) is 0 Å². The molecule has 23 heteroatoms. The first-order valence-corrected chi connectivity index (χ1v) is 33.0. The van der Waals surface area contributed by atoms with Crippen molar-refractivity contribution < 1.29 is 77.2 Å². The third-order valence-electron chi connectivity index (χ3n) is 10.4. The van der Waals surface area contributed by atoms with Crippen molar-refractivity contribution in [2.45, 2.75) is 175 Å². The number of hydrogen-bond donors (Lipinski definition) is 0. The summed E-state index contributed by atoms with van der Waals surface area (Å²) in [4.78, 5) is 0. The molecule has 17 nitrogen and oxygen atoms in total. The van der Waals surface area contributed by atoms with Crippen molar-refractivity contribution in [2.24, 2.45) is 0 Å². The van der Waals surface area contributed by atoms with E-state index in [1.54, 1.807) is 96.7 Å². The van der Waals surface area contributed by atoms with Gasteiger partial charge in [-0.05, 0) is 115 Å². The lowest BCUT2D eigenvalue weighted by atomic mass is 10.0. The van der Waals surface area contributed by atoms with Crippen molar-refractivity contribution in [1.29, 1.82) is 0 Å². The summed E-state index contributed by atoms with van der Waals surface area (Å²) in [7, 11) is -22.6. The van der Waals surface area contributed by atoms with Crippen LogP contribution in [0.2, 0.25) is 0 Å². The molecule has 0 aromatic carbocycles. The second kappa shape index (κ2) is 31.9. The molecule has 7 atom stereocenters. The summed E-state index contributed by atoms with van der Waals surface area (Å²) in [6.07, 6.45) is 2.04. The third-order valence-corrected chi connectivity index (χ3v) is 26.7. The summed E-state index contributed by atoms with van der Waals surface area (Å²) < 4.78 is 150. The van der Waals surface area contributed by atoms with Crippen LogP contribution in [0, 0.1) is 0 Å². The summed E-state index contributed by atoms with van der Waals surface area (Å²) in [5.74, 6) is 0. The molecule has 0 saturated carbocycles. The van der Waals surface area contributed by atoms with Gasteiger partial charge in [-0.3, -0.25) is 27.4 Å². The van der Waals surface area contributed by atoms with E-state index in [4.69, 9.17) is 49.8 Å². The zero-order valence-electron chi connectivity index (χ0n) is 40.5. The van der Waals surface area contributed by atoms with Gasteiger partial charge >= 0.3 is 38.0 Å². The van der Waals surface area contributed by atoms with Crippen molar-refractivity contribution >= 4 is 45.3 Å². The first kappa shape index (κ1) is 62.9. The van der Waals surface area contributed by atoms with Gasteiger partial charge in [0, 0.05) is 12.3 Å². The first-order valence-electron chi connectivity index (χ1n) is 22.8. The van der Waals surface area contributed by atoms with E-state index in [1.807, 2.05) is 0 Å². The molecule has 0 fully saturated rings. The van der Waals surface area contributed by atoms with E-state index >= 15 is 0 Å². The van der Waals surface area contributed by atoms with Gasteiger partial charge in [-0.25, -0.2) is 0 Å². The largest absolute Gasteiger partial charge is 0.334 e. The summed E-state index contributed by atoms with van der Waals surface area (Å²) in [6.45, 7) is 24.9. The monoisotopic (exact) mass is 1010 g/mol. The highest BCUT2D eigenvalue weighted by molar-refractivity contribution is 7.60. The molecule has 0 aliphatic heterocycles. The molecule has 374 valence electrons. The molecular weight excluding hydrogens is 926 g/mol. The zero-order valence-corrected chi connectivity index (χ0v) is 45.9. The second-order valence-electron chi connectivity index (χ2n) is 14.6. The van der Waals surface area contributed by atoms with E-state index in [-0.39, 0.29) is 98.4 Å². The van der Waals surface area contributed by atoms with Gasteiger partial charge in [0.15, 0.2) is 0 Å². The van der Waals surface area contributed by atoms with Crippen LogP contribution < -0.4 is 0 Å². The van der Waals surface area contributed by atoms with Crippen LogP contribution in [0.3, 0.4) is 0 Å². The molecule has 0 amide bonds. The Balaban J connectivity index is 7.23. The molecule has 0 radical (unpaired) electrons. The highest BCUT2D eigenvalue weighted by atomic mass is 31.2. The molecule has 0 aromatic rings. The maximum atomic E-state index is 15.0. The van der Waals surface area contributed by atoms with E-state index in [0.29, 0.717) is 25.7 Å². The summed E-state index contributed by atoms with van der Waals surface area (Å²) in [6, 6.07) is 0. The molecule has 0 spiro atoms. The maximum Gasteiger partial charge on any atom is 0.334 e. The van der Waals surface area contributed by atoms with Crippen LogP contribution in [-0.4, -0.2) is 113 Å². The predicted molar refractivity (Wildman–Crippen MR) is 250 cm³/mol. The smallest absolute Gasteiger partial charge is 0.329 e. The van der Waals surface area contributed by atoms with Crippen LogP contribution in [-0.2, 0) is 77.2 Å². The number of hydrogen-bond acceptors (Lipinski definition) is 17. The fourth-order valence-corrected chi connectivity index (χ4v) is 22.0. The summed E-state index contributed by atoms with van der Waals surface area (Å²) in [5, 5.41) is 0. The van der Waals surface area contributed by atoms with Crippen molar-refractivity contribution in [3.05, 3.63) is 0 Å². The molecule has 7 unspecified atom stereocenters. The maximum absolute atomic E-state index is 15.0. The van der Waals surface area contributed by atoms with Gasteiger partial charge in [0.25, 0.3) is 0 Å². The van der Waals surface area contributed by atoms with Crippen LogP contribution in [0.4, 0.5) is 0 Å². The first-order chi connectivity index (χ1) is 29.2. The van der Waals surface area contributed by atoms with Crippen molar-refractivity contribution in [3.63, 3.8) is 0 Å².